The van der Waals surface area contributed by atoms with Gasteiger partial charge in [0.15, 0.2) is 0 Å². The van der Waals surface area contributed by atoms with Crippen molar-refractivity contribution in [2.24, 2.45) is 14.1 Å². The highest BCUT2D eigenvalue weighted by Gasteiger charge is 2.45. The Morgan fingerprint density at radius 1 is 0.806 bits per heavy atom. The summed E-state index contributed by atoms with van der Waals surface area (Å²) in [5.41, 5.74) is 2.38. The number of anilines is 2. The number of phosphoric ester groups is 1. The Morgan fingerprint density at radius 2 is 1.39 bits per heavy atom. The molecule has 6 aromatic rings. The van der Waals surface area contributed by atoms with Gasteiger partial charge in [-0.05, 0) is 59.0 Å². The normalized spacial score (nSPS) is 18.3. The average Bonchev–Trinajstić information content (AvgIpc) is 4.03. The van der Waals surface area contributed by atoms with E-state index in [9.17, 15) is 29.0 Å². The van der Waals surface area contributed by atoms with E-state index in [1.54, 1.807) is 44.4 Å². The van der Waals surface area contributed by atoms with Crippen molar-refractivity contribution in [3.63, 3.8) is 0 Å². The van der Waals surface area contributed by atoms with Gasteiger partial charge in [-0.25, -0.2) is 22.9 Å². The van der Waals surface area contributed by atoms with Crippen LogP contribution in [0.2, 0.25) is 0 Å². The molecule has 0 saturated carbocycles. The van der Waals surface area contributed by atoms with Crippen molar-refractivity contribution in [3.05, 3.63) is 84.7 Å². The van der Waals surface area contributed by atoms with Crippen LogP contribution in [-0.2, 0) is 37.4 Å². The summed E-state index contributed by atoms with van der Waals surface area (Å²) in [5, 5.41) is 34.6. The first kappa shape index (κ1) is 42.0. The molecular weight excluding hydrogens is 841 g/mol. The second-order valence-electron chi connectivity index (χ2n) is 14.1. The van der Waals surface area contributed by atoms with Crippen LogP contribution in [0.4, 0.5) is 29.7 Å². The van der Waals surface area contributed by atoms with E-state index in [2.05, 4.69) is 45.3 Å². The highest BCUT2D eigenvalue weighted by molar-refractivity contribution is 7.46. The zero-order valence-corrected chi connectivity index (χ0v) is 33.4. The predicted octanol–water partition coefficient (Wildman–Crippen LogP) is 3.07. The summed E-state index contributed by atoms with van der Waals surface area (Å²) in [7, 11) is -1.78. The van der Waals surface area contributed by atoms with Crippen molar-refractivity contribution in [1.82, 2.24) is 50.4 Å². The van der Waals surface area contributed by atoms with Gasteiger partial charge in [-0.15, -0.1) is 20.4 Å². The maximum absolute atomic E-state index is 15.7. The molecule has 25 heteroatoms. The number of aromatic nitrogens is 10. The fourth-order valence-electron chi connectivity index (χ4n) is 6.88. The second kappa shape index (κ2) is 17.4. The van der Waals surface area contributed by atoms with Gasteiger partial charge in [0, 0.05) is 41.1 Å². The number of carbonyl (C=O) groups is 2. The molecule has 322 valence electrons. The number of halogens is 2. The smallest absolute Gasteiger partial charge is 0.441 e. The van der Waals surface area contributed by atoms with Crippen molar-refractivity contribution in [2.45, 2.75) is 30.8 Å². The number of tetrazole rings is 2. The number of phosphoric acid groups is 1. The lowest BCUT2D eigenvalue weighted by Gasteiger charge is -2.27. The summed E-state index contributed by atoms with van der Waals surface area (Å²) in [6.07, 6.45) is -2.53. The third-order valence-electron chi connectivity index (χ3n) is 9.74. The van der Waals surface area contributed by atoms with Crippen LogP contribution in [0.15, 0.2) is 73.1 Å². The van der Waals surface area contributed by atoms with Crippen LogP contribution in [-0.4, -0.2) is 128 Å². The number of aliphatic hydroxyl groups is 1. The monoisotopic (exact) mass is 876 g/mol. The Labute approximate surface area is 348 Å². The third-order valence-corrected chi connectivity index (χ3v) is 10.2. The van der Waals surface area contributed by atoms with Crippen molar-refractivity contribution in [1.29, 1.82) is 0 Å². The summed E-state index contributed by atoms with van der Waals surface area (Å²) >= 11 is 0. The number of pyridine rings is 2. The first-order valence-electron chi connectivity index (χ1n) is 18.6. The Bertz CT molecular complexity index is 2650. The number of aryl methyl sites for hydroxylation is 2. The molecule has 2 amide bonds. The SMILES string of the molecule is Cn1nnc(-c2ccc(-c3ccc(N4C[C@H](COCC(O)CC5[C@H](COP(=O)(O)O)OC(=O)N5c5ccc(-c6ccc(-c7nnn(C)n7)nc6)c(F)c5)OC4=O)cc3F)cn2)n1. The van der Waals surface area contributed by atoms with E-state index in [0.29, 0.717) is 28.3 Å². The molecule has 0 spiro atoms. The molecule has 2 unspecified atom stereocenters. The molecule has 4 aromatic heterocycles. The van der Waals surface area contributed by atoms with Gasteiger partial charge in [0.25, 0.3) is 0 Å². The Morgan fingerprint density at radius 3 is 1.90 bits per heavy atom. The van der Waals surface area contributed by atoms with Crippen molar-refractivity contribution in [2.75, 3.05) is 36.2 Å². The summed E-state index contributed by atoms with van der Waals surface area (Å²) in [6, 6.07) is 13.6. The quantitative estimate of drug-likeness (QED) is 0.125. The van der Waals surface area contributed by atoms with Gasteiger partial charge in [0.05, 0.1) is 64.0 Å². The number of rotatable bonds is 15. The molecular formula is C37H35F2N12O10P. The molecule has 2 aliphatic rings. The average molecular weight is 877 g/mol. The van der Waals surface area contributed by atoms with Gasteiger partial charge in [0.2, 0.25) is 11.6 Å². The summed E-state index contributed by atoms with van der Waals surface area (Å²) < 4.78 is 63.7. The van der Waals surface area contributed by atoms with Crippen LogP contribution >= 0.6 is 7.82 Å². The molecule has 22 nitrogen and oxygen atoms in total. The molecule has 0 aliphatic carbocycles. The van der Waals surface area contributed by atoms with Gasteiger partial charge in [0.1, 0.15) is 35.2 Å². The molecule has 0 radical (unpaired) electrons. The summed E-state index contributed by atoms with van der Waals surface area (Å²) in [6.45, 7) is -1.27. The Hall–Kier alpha value is -6.69. The zero-order chi connectivity index (χ0) is 43.7. The standard InChI is InChI=1S/C37H35F2N12O10P/c1-48-44-34(42-46-48)30-9-3-20(14-40-30)26-7-5-22(11-28(26)38)50-16-25(60-36(50)53)18-58-17-24(52)13-32-33(19-59-62(55,56)57)61-37(54)51(32)23-6-8-27(29(39)12-23)21-4-10-31(41-15-21)35-43-47-49(2)45-35/h3-12,14-15,24-25,32-33,52H,13,16-19H2,1-2H3,(H2,55,56,57)/t24?,25-,32?,33+/m1/s1. The summed E-state index contributed by atoms with van der Waals surface area (Å²) in [4.78, 5) is 58.1. The number of carbonyl (C=O) groups excluding carboxylic acids is 2. The largest absolute Gasteiger partial charge is 0.469 e. The zero-order valence-electron chi connectivity index (χ0n) is 32.5. The number of amides is 2. The highest BCUT2D eigenvalue weighted by atomic mass is 31.2. The van der Waals surface area contributed by atoms with Gasteiger partial charge in [-0.3, -0.25) is 24.3 Å². The minimum atomic E-state index is -5.00. The molecule has 3 N–H and O–H groups in total. The second-order valence-corrected chi connectivity index (χ2v) is 15.3. The molecule has 2 aromatic carbocycles. The van der Waals surface area contributed by atoms with E-state index >= 15 is 8.78 Å². The molecule has 6 heterocycles. The predicted molar refractivity (Wildman–Crippen MR) is 208 cm³/mol. The molecule has 62 heavy (non-hydrogen) atoms. The number of hydrogen-bond donors (Lipinski definition) is 3. The van der Waals surface area contributed by atoms with Gasteiger partial charge in [-0.2, -0.15) is 9.59 Å². The summed E-state index contributed by atoms with van der Waals surface area (Å²) in [5.74, 6) is -0.760. The minimum absolute atomic E-state index is 0.00367. The lowest BCUT2D eigenvalue weighted by atomic mass is 10.0. The van der Waals surface area contributed by atoms with E-state index in [0.717, 1.165) is 11.0 Å². The first-order chi connectivity index (χ1) is 29.7. The number of hydrogen-bond acceptors (Lipinski definition) is 16. The molecule has 4 atom stereocenters. The lowest BCUT2D eigenvalue weighted by Crippen LogP contribution is -2.42. The number of ether oxygens (including phenoxy) is 3. The van der Waals surface area contributed by atoms with Crippen LogP contribution in [0.1, 0.15) is 6.42 Å². The number of nitrogens with zero attached hydrogens (tertiary/aromatic N) is 12. The van der Waals surface area contributed by atoms with Crippen LogP contribution in [0, 0.1) is 11.6 Å². The van der Waals surface area contributed by atoms with Crippen LogP contribution < -0.4 is 9.80 Å². The fraction of sp³-hybridized carbons (Fsp3) is 0.297. The van der Waals surface area contributed by atoms with Crippen LogP contribution in [0.5, 0.6) is 0 Å². The molecule has 0 bridgehead atoms. The first-order valence-corrected chi connectivity index (χ1v) is 20.2. The fourth-order valence-corrected chi connectivity index (χ4v) is 7.22. The van der Waals surface area contributed by atoms with E-state index in [-0.39, 0.29) is 54.5 Å². The van der Waals surface area contributed by atoms with E-state index in [1.165, 1.54) is 51.2 Å². The molecule has 2 saturated heterocycles. The van der Waals surface area contributed by atoms with Gasteiger partial charge < -0.3 is 29.1 Å². The topological polar surface area (TPSA) is 268 Å². The van der Waals surface area contributed by atoms with Crippen LogP contribution in [0.25, 0.3) is 45.3 Å². The number of aliphatic hydroxyl groups excluding tert-OH is 1. The lowest BCUT2D eigenvalue weighted by molar-refractivity contribution is -0.00879. The van der Waals surface area contributed by atoms with E-state index < -0.39 is 62.6 Å². The minimum Gasteiger partial charge on any atom is -0.441 e. The van der Waals surface area contributed by atoms with E-state index in [1.807, 2.05) is 0 Å². The van der Waals surface area contributed by atoms with Crippen molar-refractivity contribution >= 4 is 31.4 Å². The van der Waals surface area contributed by atoms with Crippen molar-refractivity contribution in [3.8, 4) is 45.3 Å². The highest BCUT2D eigenvalue weighted by Crippen LogP contribution is 2.39. The Balaban J connectivity index is 0.891. The van der Waals surface area contributed by atoms with Crippen molar-refractivity contribution < 1.29 is 56.6 Å². The molecule has 2 fully saturated rings. The number of cyclic esters (lactones) is 2. The maximum atomic E-state index is 15.7. The Kier molecular flexibility index (Phi) is 11.8. The van der Waals surface area contributed by atoms with Gasteiger partial charge >= 0.3 is 20.0 Å². The molecule has 8 rings (SSSR count). The van der Waals surface area contributed by atoms with Crippen LogP contribution in [0.3, 0.4) is 0 Å². The molecule has 2 aliphatic heterocycles. The van der Waals surface area contributed by atoms with E-state index in [4.69, 9.17) is 14.2 Å². The third kappa shape index (κ3) is 9.29. The number of benzene rings is 2. The van der Waals surface area contributed by atoms with Gasteiger partial charge in [-0.1, -0.05) is 12.1 Å². The maximum Gasteiger partial charge on any atom is 0.469 e.